The monoisotopic (exact) mass is 601 g/mol. The molecule has 1 heterocycles. The number of nitrogens with one attached hydrogen (secondary N) is 1. The Bertz CT molecular complexity index is 1710. The Morgan fingerprint density at radius 3 is 2.45 bits per heavy atom. The molecular weight excluding hydrogens is 582 g/mol. The predicted octanol–water partition coefficient (Wildman–Crippen LogP) is 5.76. The van der Waals surface area contributed by atoms with Crippen molar-refractivity contribution in [3.63, 3.8) is 0 Å². The maximum absolute atomic E-state index is 13.2. The van der Waals surface area contributed by atoms with Gasteiger partial charge in [-0.2, -0.15) is 0 Å². The third-order valence-corrected chi connectivity index (χ3v) is 6.82. The lowest BCUT2D eigenvalue weighted by Gasteiger charge is -2.26. The molecule has 1 fully saturated rings. The van der Waals surface area contributed by atoms with E-state index in [1.165, 1.54) is 25.3 Å². The third-order valence-electron chi connectivity index (χ3n) is 6.24. The highest BCUT2D eigenvalue weighted by molar-refractivity contribution is 9.10. The van der Waals surface area contributed by atoms with E-state index in [9.17, 15) is 24.5 Å². The van der Waals surface area contributed by atoms with Crippen LogP contribution in [0.5, 0.6) is 11.5 Å². The van der Waals surface area contributed by atoms with Crippen LogP contribution in [0.1, 0.15) is 11.1 Å². The number of non-ortho nitro benzene ring substituents is 1. The molecule has 0 saturated carbocycles. The van der Waals surface area contributed by atoms with Crippen LogP contribution in [0.2, 0.25) is 0 Å². The first kappa shape index (κ1) is 26.6. The van der Waals surface area contributed by atoms with Crippen LogP contribution in [0.3, 0.4) is 0 Å². The summed E-state index contributed by atoms with van der Waals surface area (Å²) in [5.41, 5.74) is 0.968. The molecule has 0 radical (unpaired) electrons. The van der Waals surface area contributed by atoms with E-state index in [1.54, 1.807) is 12.1 Å². The van der Waals surface area contributed by atoms with Crippen LogP contribution in [0.15, 0.2) is 88.9 Å². The van der Waals surface area contributed by atoms with E-state index in [2.05, 4.69) is 21.2 Å². The van der Waals surface area contributed by atoms with Gasteiger partial charge in [-0.1, -0.05) is 42.5 Å². The minimum Gasteiger partial charge on any atom is -0.493 e. The van der Waals surface area contributed by atoms with Crippen LogP contribution in [0, 0.1) is 10.1 Å². The summed E-state index contributed by atoms with van der Waals surface area (Å²) in [5.74, 6) is -0.971. The van der Waals surface area contributed by atoms with Gasteiger partial charge in [0, 0.05) is 12.1 Å². The molecule has 5 rings (SSSR count). The largest absolute Gasteiger partial charge is 0.493 e. The van der Waals surface area contributed by atoms with Gasteiger partial charge >= 0.3 is 6.03 Å². The number of methoxy groups -OCH3 is 1. The van der Waals surface area contributed by atoms with E-state index in [1.807, 2.05) is 42.5 Å². The zero-order chi connectivity index (χ0) is 28.4. The number of ether oxygens (including phenoxy) is 2. The maximum Gasteiger partial charge on any atom is 0.335 e. The number of hydrogen-bond acceptors (Lipinski definition) is 7. The summed E-state index contributed by atoms with van der Waals surface area (Å²) in [6.07, 6.45) is 1.32. The molecule has 1 saturated heterocycles. The summed E-state index contributed by atoms with van der Waals surface area (Å²) in [6, 6.07) is 21.1. The molecule has 0 bridgehead atoms. The molecule has 0 aliphatic carbocycles. The Hall–Kier alpha value is -5.03. The number of barbiturate groups is 1. The number of hydrogen-bond donors (Lipinski definition) is 1. The highest BCUT2D eigenvalue weighted by Gasteiger charge is 2.37. The summed E-state index contributed by atoms with van der Waals surface area (Å²) in [4.78, 5) is 49.4. The lowest BCUT2D eigenvalue weighted by molar-refractivity contribution is -0.384. The van der Waals surface area contributed by atoms with Crippen molar-refractivity contribution >= 4 is 62.0 Å². The number of imide groups is 2. The van der Waals surface area contributed by atoms with Crippen LogP contribution in [0.25, 0.3) is 16.8 Å². The van der Waals surface area contributed by atoms with Crippen molar-refractivity contribution in [1.29, 1.82) is 0 Å². The first-order chi connectivity index (χ1) is 19.3. The Kier molecular flexibility index (Phi) is 7.30. The van der Waals surface area contributed by atoms with E-state index in [0.29, 0.717) is 21.5 Å². The van der Waals surface area contributed by atoms with Gasteiger partial charge in [0.2, 0.25) is 0 Å². The van der Waals surface area contributed by atoms with Crippen molar-refractivity contribution in [3.8, 4) is 11.5 Å². The molecule has 1 N–H and O–H groups in total. The van der Waals surface area contributed by atoms with Gasteiger partial charge in [0.05, 0.1) is 22.2 Å². The van der Waals surface area contributed by atoms with E-state index in [4.69, 9.17) is 9.47 Å². The normalized spacial score (nSPS) is 14.4. The molecule has 4 aromatic rings. The Morgan fingerprint density at radius 2 is 1.73 bits per heavy atom. The fourth-order valence-corrected chi connectivity index (χ4v) is 4.89. The summed E-state index contributed by atoms with van der Waals surface area (Å²) in [5, 5.41) is 15.2. The van der Waals surface area contributed by atoms with Crippen molar-refractivity contribution < 1.29 is 28.8 Å². The van der Waals surface area contributed by atoms with Gasteiger partial charge in [0.25, 0.3) is 17.5 Å². The van der Waals surface area contributed by atoms with Crippen molar-refractivity contribution in [2.75, 3.05) is 12.0 Å². The van der Waals surface area contributed by atoms with E-state index in [-0.39, 0.29) is 23.6 Å². The molecule has 0 atom stereocenters. The fraction of sp³-hybridized carbons (Fsp3) is 0.0690. The summed E-state index contributed by atoms with van der Waals surface area (Å²) >= 11 is 3.49. The van der Waals surface area contributed by atoms with Gasteiger partial charge in [0.1, 0.15) is 12.2 Å². The van der Waals surface area contributed by atoms with E-state index in [0.717, 1.165) is 33.4 Å². The van der Waals surface area contributed by atoms with Gasteiger partial charge in [-0.3, -0.25) is 25.0 Å². The van der Waals surface area contributed by atoms with E-state index >= 15 is 0 Å². The lowest BCUT2D eigenvalue weighted by atomic mass is 10.1. The number of fused-ring (bicyclic) bond motifs is 1. The fourth-order valence-electron chi connectivity index (χ4n) is 4.31. The second-order valence-electron chi connectivity index (χ2n) is 8.69. The molecule has 4 aromatic carbocycles. The maximum atomic E-state index is 13.2. The van der Waals surface area contributed by atoms with Crippen LogP contribution < -0.4 is 19.7 Å². The van der Waals surface area contributed by atoms with Gasteiger partial charge < -0.3 is 9.47 Å². The molecule has 200 valence electrons. The predicted molar refractivity (Wildman–Crippen MR) is 151 cm³/mol. The van der Waals surface area contributed by atoms with Crippen molar-refractivity contribution in [2.45, 2.75) is 6.61 Å². The average molecular weight is 602 g/mol. The number of nitro groups is 1. The topological polar surface area (TPSA) is 128 Å². The number of benzene rings is 4. The first-order valence-corrected chi connectivity index (χ1v) is 12.7. The first-order valence-electron chi connectivity index (χ1n) is 11.9. The quantitative estimate of drug-likeness (QED) is 0.123. The van der Waals surface area contributed by atoms with Crippen LogP contribution in [0.4, 0.5) is 16.2 Å². The zero-order valence-electron chi connectivity index (χ0n) is 20.9. The molecule has 4 amide bonds. The molecule has 1 aliphatic rings. The van der Waals surface area contributed by atoms with Crippen molar-refractivity contribution in [3.05, 3.63) is 110 Å². The zero-order valence-corrected chi connectivity index (χ0v) is 22.5. The average Bonchev–Trinajstić information content (AvgIpc) is 2.94. The SMILES string of the molecule is COc1cc(/C=C2\C(=O)NC(=O)N(c3ccc([N+](=O)[O-])cc3)C2=O)cc(Br)c1OCc1cccc2ccccc12. The summed E-state index contributed by atoms with van der Waals surface area (Å²) in [6.45, 7) is 0.268. The molecule has 11 heteroatoms. The second-order valence-corrected chi connectivity index (χ2v) is 9.55. The number of rotatable bonds is 7. The van der Waals surface area contributed by atoms with Gasteiger partial charge in [-0.15, -0.1) is 0 Å². The van der Waals surface area contributed by atoms with Crippen LogP contribution in [-0.4, -0.2) is 29.9 Å². The van der Waals surface area contributed by atoms with Crippen molar-refractivity contribution in [2.24, 2.45) is 0 Å². The number of urea groups is 1. The minimum atomic E-state index is -0.961. The molecule has 40 heavy (non-hydrogen) atoms. The summed E-state index contributed by atoms with van der Waals surface area (Å²) in [7, 11) is 1.47. The molecule has 10 nitrogen and oxygen atoms in total. The van der Waals surface area contributed by atoms with Gasteiger partial charge in [0.15, 0.2) is 11.5 Å². The van der Waals surface area contributed by atoms with Crippen LogP contribution >= 0.6 is 15.9 Å². The molecule has 0 spiro atoms. The Labute approximate surface area is 236 Å². The summed E-state index contributed by atoms with van der Waals surface area (Å²) < 4.78 is 12.2. The molecule has 1 aliphatic heterocycles. The van der Waals surface area contributed by atoms with Gasteiger partial charge in [-0.25, -0.2) is 9.69 Å². The number of amides is 4. The lowest BCUT2D eigenvalue weighted by Crippen LogP contribution is -2.54. The third kappa shape index (κ3) is 5.14. The number of halogens is 1. The molecule has 0 unspecified atom stereocenters. The second kappa shape index (κ2) is 11.0. The Balaban J connectivity index is 1.43. The standard InChI is InChI=1S/C29H20BrN3O7/c1-39-25-15-17(14-24(30)26(25)40-16-19-7-4-6-18-5-2-3-8-22(18)19)13-23-27(34)31-29(36)32(28(23)35)20-9-11-21(12-10-20)33(37)38/h2-15H,16H2,1H3,(H,31,34,36)/b23-13+. The highest BCUT2D eigenvalue weighted by atomic mass is 79.9. The van der Waals surface area contributed by atoms with Crippen molar-refractivity contribution in [1.82, 2.24) is 5.32 Å². The number of nitro benzene ring substituents is 1. The molecular formula is C29H20BrN3O7. The minimum absolute atomic E-state index is 0.0717. The Morgan fingerprint density at radius 1 is 1.00 bits per heavy atom. The molecule has 0 aromatic heterocycles. The smallest absolute Gasteiger partial charge is 0.335 e. The van der Waals surface area contributed by atoms with Gasteiger partial charge in [-0.05, 0) is 68.2 Å². The highest BCUT2D eigenvalue weighted by Crippen LogP contribution is 2.38. The number of nitrogens with zero attached hydrogens (tertiary/aromatic N) is 2. The number of anilines is 1. The van der Waals surface area contributed by atoms with E-state index < -0.39 is 22.8 Å². The number of carbonyl (C=O) groups is 3. The van der Waals surface area contributed by atoms with Crippen LogP contribution in [-0.2, 0) is 16.2 Å². The number of carbonyl (C=O) groups excluding carboxylic acids is 3.